The van der Waals surface area contributed by atoms with Crippen LogP contribution < -0.4 is 4.90 Å². The van der Waals surface area contributed by atoms with Crippen molar-refractivity contribution in [2.24, 2.45) is 0 Å². The number of allylic oxidation sites excluding steroid dienone is 3. The van der Waals surface area contributed by atoms with Crippen LogP contribution in [0.15, 0.2) is 47.9 Å². The predicted octanol–water partition coefficient (Wildman–Crippen LogP) is 5.11. The van der Waals surface area contributed by atoms with Crippen LogP contribution in [-0.4, -0.2) is 28.9 Å². The molecule has 2 unspecified atom stereocenters. The van der Waals surface area contributed by atoms with E-state index in [2.05, 4.69) is 26.1 Å². The van der Waals surface area contributed by atoms with Gasteiger partial charge in [-0.15, -0.1) is 12.6 Å². The summed E-state index contributed by atoms with van der Waals surface area (Å²) >= 11 is 4.57. The number of nitrogens with one attached hydrogen (secondary N) is 1. The highest BCUT2D eigenvalue weighted by Gasteiger charge is 2.22. The van der Waals surface area contributed by atoms with Gasteiger partial charge in [-0.2, -0.15) is 0 Å². The molecule has 0 heterocycles. The Kier molecular flexibility index (Phi) is 8.04. The van der Waals surface area contributed by atoms with Crippen LogP contribution in [0.1, 0.15) is 62.6 Å². The number of hydrogen-bond donors (Lipinski definition) is 5. The van der Waals surface area contributed by atoms with E-state index in [9.17, 15) is 15.3 Å². The fourth-order valence-corrected chi connectivity index (χ4v) is 3.89. The van der Waals surface area contributed by atoms with Crippen LogP contribution in [0, 0.1) is 0 Å². The average Bonchev–Trinajstić information content (AvgIpc) is 2.69. The molecule has 2 aromatic rings. The molecule has 0 saturated heterocycles. The first-order valence-electron chi connectivity index (χ1n) is 10.3. The molecular formula is C25H34NO3S+. The van der Waals surface area contributed by atoms with Gasteiger partial charge in [0.15, 0.2) is 11.4 Å². The lowest BCUT2D eigenvalue weighted by molar-refractivity contribution is -0.808. The third-order valence-corrected chi connectivity index (χ3v) is 6.01. The van der Waals surface area contributed by atoms with Gasteiger partial charge in [0, 0.05) is 23.6 Å². The van der Waals surface area contributed by atoms with E-state index in [0.717, 1.165) is 33.8 Å². The third-order valence-electron chi connectivity index (χ3n) is 5.70. The van der Waals surface area contributed by atoms with Crippen molar-refractivity contribution in [1.29, 1.82) is 0 Å². The molecule has 2 aromatic carbocycles. The number of phenolic OH excluding ortho intramolecular Hbond substituents is 3. The lowest BCUT2D eigenvalue weighted by Gasteiger charge is -2.22. The third kappa shape index (κ3) is 5.21. The van der Waals surface area contributed by atoms with E-state index < -0.39 is 0 Å². The first-order chi connectivity index (χ1) is 14.1. The summed E-state index contributed by atoms with van der Waals surface area (Å²) in [6.45, 7) is 12.9. The van der Waals surface area contributed by atoms with Crippen molar-refractivity contribution in [3.05, 3.63) is 64.6 Å². The lowest BCUT2D eigenvalue weighted by atomic mass is 9.86. The highest BCUT2D eigenvalue weighted by molar-refractivity contribution is 7.84. The molecule has 0 amide bonds. The van der Waals surface area contributed by atoms with Crippen molar-refractivity contribution in [3.8, 4) is 17.2 Å². The number of hydrogen-bond acceptors (Lipinski definition) is 4. The topological polar surface area (TPSA) is 65.1 Å². The van der Waals surface area contributed by atoms with Gasteiger partial charge in [0.1, 0.15) is 11.5 Å². The van der Waals surface area contributed by atoms with Crippen molar-refractivity contribution < 1.29 is 20.2 Å². The van der Waals surface area contributed by atoms with Gasteiger partial charge in [0.25, 0.3) is 0 Å². The molecule has 0 aliphatic carbocycles. The summed E-state index contributed by atoms with van der Waals surface area (Å²) < 4.78 is 0. The molecule has 0 fully saturated rings. The maximum atomic E-state index is 10.5. The summed E-state index contributed by atoms with van der Waals surface area (Å²) in [6, 6.07) is 8.90. The first-order valence-corrected chi connectivity index (χ1v) is 10.8. The second-order valence-electron chi connectivity index (χ2n) is 8.06. The summed E-state index contributed by atoms with van der Waals surface area (Å²) in [5.74, 6) is 0.455. The molecule has 5 heteroatoms. The van der Waals surface area contributed by atoms with Crippen LogP contribution >= 0.6 is 12.6 Å². The zero-order chi connectivity index (χ0) is 22.6. The summed E-state index contributed by atoms with van der Waals surface area (Å²) in [7, 11) is 2.02. The maximum absolute atomic E-state index is 10.5. The van der Waals surface area contributed by atoms with E-state index in [1.807, 2.05) is 52.1 Å². The molecule has 30 heavy (non-hydrogen) atoms. The summed E-state index contributed by atoms with van der Waals surface area (Å²) in [5.41, 5.74) is 4.29. The molecule has 4 N–H and O–H groups in total. The predicted molar refractivity (Wildman–Crippen MR) is 128 cm³/mol. The van der Waals surface area contributed by atoms with Crippen LogP contribution in [0.25, 0.3) is 5.57 Å². The van der Waals surface area contributed by atoms with E-state index in [0.29, 0.717) is 16.9 Å². The number of rotatable bonds is 8. The minimum Gasteiger partial charge on any atom is -0.508 e. The number of benzene rings is 2. The zero-order valence-corrected chi connectivity index (χ0v) is 19.4. The van der Waals surface area contributed by atoms with Crippen LogP contribution in [-0.2, 0) is 0 Å². The Balaban J connectivity index is 2.49. The molecule has 0 saturated carbocycles. The fourth-order valence-electron chi connectivity index (χ4n) is 3.65. The summed E-state index contributed by atoms with van der Waals surface area (Å²) in [4.78, 5) is 1.82. The Hall–Kier alpha value is -2.37. The van der Waals surface area contributed by atoms with Crippen LogP contribution in [0.3, 0.4) is 0 Å². The molecule has 4 nitrogen and oxygen atoms in total. The van der Waals surface area contributed by atoms with Gasteiger partial charge in [-0.25, -0.2) is 0 Å². The number of quaternary nitrogens is 1. The Morgan fingerprint density at radius 3 is 2.30 bits per heavy atom. The standard InChI is InChI=1S/C25H33NO3S/c1-7-17(21-13-19(15(3)4)24(28)14-25(21)29)11-20(16(5)30)18-9-10-23(27)22(12-18)26(6)8-2/h7,9-10,12-15,20,27-30H,5,8,11H2,1-4,6H3/p+1/b17-7+. The molecule has 0 spiro atoms. The Labute approximate surface area is 185 Å². The Morgan fingerprint density at radius 1 is 1.10 bits per heavy atom. The van der Waals surface area contributed by atoms with Gasteiger partial charge >= 0.3 is 0 Å². The van der Waals surface area contributed by atoms with Gasteiger partial charge in [-0.3, -0.25) is 0 Å². The lowest BCUT2D eigenvalue weighted by Crippen LogP contribution is -3.03. The summed E-state index contributed by atoms with van der Waals surface area (Å²) in [5, 5.41) is 31.0. The van der Waals surface area contributed by atoms with E-state index in [-0.39, 0.29) is 29.1 Å². The normalized spacial score (nSPS) is 14.0. The quantitative estimate of drug-likeness (QED) is 0.300. The van der Waals surface area contributed by atoms with Crippen LogP contribution in [0.2, 0.25) is 0 Å². The molecule has 0 aromatic heterocycles. The van der Waals surface area contributed by atoms with Crippen molar-refractivity contribution in [1.82, 2.24) is 0 Å². The monoisotopic (exact) mass is 428 g/mol. The largest absolute Gasteiger partial charge is 0.508 e. The second-order valence-corrected chi connectivity index (χ2v) is 8.63. The Bertz CT molecular complexity index is 950. The van der Waals surface area contributed by atoms with E-state index >= 15 is 0 Å². The van der Waals surface area contributed by atoms with Crippen LogP contribution in [0.5, 0.6) is 17.2 Å². The Morgan fingerprint density at radius 2 is 1.77 bits per heavy atom. The number of aromatic hydroxyl groups is 3. The van der Waals surface area contributed by atoms with Gasteiger partial charge in [-0.1, -0.05) is 32.6 Å². The van der Waals surface area contributed by atoms with Crippen molar-refractivity contribution in [2.75, 3.05) is 13.6 Å². The molecule has 0 aliphatic heterocycles. The smallest absolute Gasteiger partial charge is 0.177 e. The van der Waals surface area contributed by atoms with E-state index in [1.165, 1.54) is 6.07 Å². The van der Waals surface area contributed by atoms with Crippen molar-refractivity contribution in [3.63, 3.8) is 0 Å². The molecular weight excluding hydrogens is 394 g/mol. The average molecular weight is 429 g/mol. The van der Waals surface area contributed by atoms with Gasteiger partial charge < -0.3 is 20.2 Å². The van der Waals surface area contributed by atoms with Gasteiger partial charge in [0.2, 0.25) is 0 Å². The van der Waals surface area contributed by atoms with E-state index in [4.69, 9.17) is 0 Å². The molecule has 2 atom stereocenters. The molecule has 0 aliphatic rings. The number of thiol groups is 1. The fraction of sp³-hybridized carbons (Fsp3) is 0.360. The van der Waals surface area contributed by atoms with Crippen molar-refractivity contribution in [2.45, 2.75) is 46.0 Å². The highest BCUT2D eigenvalue weighted by atomic mass is 32.1. The second kappa shape index (κ2) is 10.1. The van der Waals surface area contributed by atoms with Gasteiger partial charge in [-0.05, 0) is 59.9 Å². The van der Waals surface area contributed by atoms with Crippen molar-refractivity contribution >= 4 is 23.9 Å². The highest BCUT2D eigenvalue weighted by Crippen LogP contribution is 2.41. The minimum absolute atomic E-state index is 0.0510. The maximum Gasteiger partial charge on any atom is 0.177 e. The van der Waals surface area contributed by atoms with Gasteiger partial charge in [0.05, 0.1) is 13.6 Å². The molecule has 2 rings (SSSR count). The minimum atomic E-state index is -0.0979. The zero-order valence-electron chi connectivity index (χ0n) is 18.5. The molecule has 0 bridgehead atoms. The SMILES string of the molecule is C=C(S)C(C/C(=C\C)c1cc(C(C)C)c(O)cc1O)c1ccc(O)c([NH+](C)CC)c1. The molecule has 162 valence electrons. The number of phenols is 3. The molecule has 0 radical (unpaired) electrons. The first kappa shape index (κ1) is 23.9. The summed E-state index contributed by atoms with van der Waals surface area (Å²) in [6.07, 6.45) is 2.56. The van der Waals surface area contributed by atoms with Crippen LogP contribution in [0.4, 0.5) is 5.69 Å². The van der Waals surface area contributed by atoms with E-state index in [1.54, 1.807) is 6.07 Å².